The lowest BCUT2D eigenvalue weighted by atomic mass is 10.0. The van der Waals surface area contributed by atoms with Crippen LogP contribution in [0, 0.1) is 5.92 Å². The fourth-order valence-electron chi connectivity index (χ4n) is 3.54. The van der Waals surface area contributed by atoms with Crippen molar-refractivity contribution in [2.75, 3.05) is 41.8 Å². The van der Waals surface area contributed by atoms with Crippen molar-refractivity contribution in [2.45, 2.75) is 18.5 Å². The molecule has 1 saturated carbocycles. The topological polar surface area (TPSA) is 101 Å². The molecule has 1 unspecified atom stereocenters. The van der Waals surface area contributed by atoms with Crippen LogP contribution in [-0.4, -0.2) is 37.2 Å². The van der Waals surface area contributed by atoms with Crippen LogP contribution >= 0.6 is 0 Å². The highest BCUT2D eigenvalue weighted by Crippen LogP contribution is 2.48. The van der Waals surface area contributed by atoms with Crippen molar-refractivity contribution < 1.29 is 9.15 Å². The second-order valence-electron chi connectivity index (χ2n) is 6.98. The summed E-state index contributed by atoms with van der Waals surface area (Å²) in [5.41, 5.74) is 7.52. The number of nitrogens with zero attached hydrogens (tertiary/aromatic N) is 3. The minimum absolute atomic E-state index is 0.327. The maximum absolute atomic E-state index is 6.59. The van der Waals surface area contributed by atoms with E-state index in [-0.39, 0.29) is 0 Å². The van der Waals surface area contributed by atoms with Crippen LogP contribution < -0.4 is 21.3 Å². The number of anilines is 3. The molecule has 0 aromatic carbocycles. The number of hydrogen-bond donors (Lipinski definition) is 3. The monoisotopic (exact) mass is 354 g/mol. The number of morpholine rings is 1. The van der Waals surface area contributed by atoms with Crippen LogP contribution in [0.4, 0.5) is 17.2 Å². The third-order valence-electron chi connectivity index (χ3n) is 5.12. The zero-order valence-corrected chi connectivity index (χ0v) is 14.4. The van der Waals surface area contributed by atoms with Crippen LogP contribution in [0.5, 0.6) is 0 Å². The van der Waals surface area contributed by atoms with Gasteiger partial charge in [0.25, 0.3) is 0 Å². The first kappa shape index (κ1) is 15.7. The van der Waals surface area contributed by atoms with Gasteiger partial charge in [-0.1, -0.05) is 0 Å². The van der Waals surface area contributed by atoms with E-state index in [9.17, 15) is 0 Å². The Kier molecular flexibility index (Phi) is 3.61. The number of aromatic nitrogens is 1. The van der Waals surface area contributed by atoms with Crippen molar-refractivity contribution in [3.05, 3.63) is 36.4 Å². The molecule has 1 aliphatic carbocycles. The van der Waals surface area contributed by atoms with Crippen LogP contribution in [0.3, 0.4) is 0 Å². The molecule has 8 heteroatoms. The number of rotatable bonds is 3. The number of aliphatic imine (C=N–C) groups is 1. The number of guanidine groups is 1. The van der Waals surface area contributed by atoms with Gasteiger partial charge in [-0.2, -0.15) is 0 Å². The third-order valence-corrected chi connectivity index (χ3v) is 5.12. The summed E-state index contributed by atoms with van der Waals surface area (Å²) in [6.07, 6.45) is 5.61. The van der Waals surface area contributed by atoms with E-state index in [1.165, 1.54) is 0 Å². The molecule has 2 fully saturated rings. The molecule has 2 aliphatic heterocycles. The highest BCUT2D eigenvalue weighted by atomic mass is 16.5. The van der Waals surface area contributed by atoms with Crippen molar-refractivity contribution in [3.8, 4) is 0 Å². The number of nitrogens with two attached hydrogens (primary N) is 1. The standard InChI is InChI=1S/C18H22N6O2/c19-18(12-1-2-12)16-14(5-8-26-16)22-17(23-18)21-13-3-4-15(20-11-13)24-6-9-25-10-7-24/h3-5,8,11-12H,1-2,6-7,9-10,19H2,(H2,21,22,23). The van der Waals surface area contributed by atoms with Crippen molar-refractivity contribution >= 4 is 23.2 Å². The van der Waals surface area contributed by atoms with Crippen molar-refractivity contribution in [3.63, 3.8) is 0 Å². The van der Waals surface area contributed by atoms with Crippen molar-refractivity contribution in [2.24, 2.45) is 16.6 Å². The molecule has 4 heterocycles. The Bertz CT molecular complexity index is 822. The minimum Gasteiger partial charge on any atom is -0.463 e. The number of nitrogens with one attached hydrogen (secondary N) is 2. The number of fused-ring (bicyclic) bond motifs is 1. The SMILES string of the molecule is NC1(C2CC2)N=C(Nc2ccc(N3CCOCC3)nc2)Nc2ccoc21. The molecule has 136 valence electrons. The number of ether oxygens (including phenoxy) is 1. The molecule has 5 rings (SSSR count). The van der Waals surface area contributed by atoms with E-state index in [2.05, 4.69) is 20.5 Å². The average Bonchev–Trinajstić information content (AvgIpc) is 3.42. The van der Waals surface area contributed by atoms with Gasteiger partial charge in [-0.15, -0.1) is 0 Å². The minimum atomic E-state index is -0.798. The van der Waals surface area contributed by atoms with E-state index >= 15 is 0 Å². The molecule has 0 bridgehead atoms. The summed E-state index contributed by atoms with van der Waals surface area (Å²) in [5, 5.41) is 6.54. The second-order valence-corrected chi connectivity index (χ2v) is 6.98. The van der Waals surface area contributed by atoms with E-state index in [1.54, 1.807) is 6.26 Å². The van der Waals surface area contributed by atoms with Gasteiger partial charge in [0.1, 0.15) is 5.82 Å². The second kappa shape index (κ2) is 6.00. The van der Waals surface area contributed by atoms with Crippen LogP contribution in [0.25, 0.3) is 0 Å². The first-order valence-electron chi connectivity index (χ1n) is 9.02. The van der Waals surface area contributed by atoms with E-state index in [1.807, 2.05) is 24.4 Å². The molecule has 26 heavy (non-hydrogen) atoms. The Hall–Kier alpha value is -2.58. The quantitative estimate of drug-likeness (QED) is 0.774. The lowest BCUT2D eigenvalue weighted by Gasteiger charge is -2.30. The summed E-state index contributed by atoms with van der Waals surface area (Å²) >= 11 is 0. The normalized spacial score (nSPS) is 25.3. The molecule has 2 aromatic rings. The van der Waals surface area contributed by atoms with Crippen LogP contribution in [-0.2, 0) is 10.4 Å². The Balaban J connectivity index is 1.35. The molecule has 0 amide bonds. The van der Waals surface area contributed by atoms with Gasteiger partial charge in [0, 0.05) is 25.1 Å². The fraction of sp³-hybridized carbons (Fsp3) is 0.444. The van der Waals surface area contributed by atoms with Crippen molar-refractivity contribution in [1.29, 1.82) is 0 Å². The Morgan fingerprint density at radius 1 is 1.23 bits per heavy atom. The summed E-state index contributed by atoms with van der Waals surface area (Å²) in [7, 11) is 0. The number of furan rings is 1. The van der Waals surface area contributed by atoms with Gasteiger partial charge in [0.2, 0.25) is 5.96 Å². The maximum atomic E-state index is 6.59. The predicted molar refractivity (Wildman–Crippen MR) is 99.2 cm³/mol. The molecule has 2 aromatic heterocycles. The van der Waals surface area contributed by atoms with E-state index in [0.29, 0.717) is 17.6 Å². The molecular weight excluding hydrogens is 332 g/mol. The molecule has 3 aliphatic rings. The van der Waals surface area contributed by atoms with Crippen LogP contribution in [0.1, 0.15) is 18.6 Å². The van der Waals surface area contributed by atoms with Gasteiger partial charge in [-0.25, -0.2) is 9.98 Å². The molecule has 0 spiro atoms. The number of pyridine rings is 1. The summed E-state index contributed by atoms with van der Waals surface area (Å²) in [4.78, 5) is 11.5. The molecular formula is C18H22N6O2. The van der Waals surface area contributed by atoms with Gasteiger partial charge >= 0.3 is 0 Å². The summed E-state index contributed by atoms with van der Waals surface area (Å²) < 4.78 is 11.0. The third kappa shape index (κ3) is 2.71. The summed E-state index contributed by atoms with van der Waals surface area (Å²) in [6, 6.07) is 5.90. The van der Waals surface area contributed by atoms with Gasteiger partial charge in [0.05, 0.1) is 37.0 Å². The Labute approximate surface area is 151 Å². The summed E-state index contributed by atoms with van der Waals surface area (Å²) in [6.45, 7) is 3.23. The molecule has 0 radical (unpaired) electrons. The first-order chi connectivity index (χ1) is 12.7. The maximum Gasteiger partial charge on any atom is 0.202 e. The zero-order valence-electron chi connectivity index (χ0n) is 14.4. The molecule has 1 saturated heterocycles. The average molecular weight is 354 g/mol. The predicted octanol–water partition coefficient (Wildman–Crippen LogP) is 1.93. The zero-order chi connectivity index (χ0) is 17.6. The highest BCUT2D eigenvalue weighted by Gasteiger charge is 2.49. The fourth-order valence-corrected chi connectivity index (χ4v) is 3.54. The Morgan fingerprint density at radius 3 is 2.81 bits per heavy atom. The van der Waals surface area contributed by atoms with Crippen molar-refractivity contribution in [1.82, 2.24) is 4.98 Å². The lowest BCUT2D eigenvalue weighted by molar-refractivity contribution is 0.122. The van der Waals surface area contributed by atoms with Crippen LogP contribution in [0.15, 0.2) is 40.1 Å². The Morgan fingerprint density at radius 2 is 2.08 bits per heavy atom. The molecule has 4 N–H and O–H groups in total. The van der Waals surface area contributed by atoms with Gasteiger partial charge in [0.15, 0.2) is 11.4 Å². The van der Waals surface area contributed by atoms with Gasteiger partial charge in [-0.05, 0) is 25.0 Å². The van der Waals surface area contributed by atoms with Crippen LogP contribution in [0.2, 0.25) is 0 Å². The first-order valence-corrected chi connectivity index (χ1v) is 9.02. The molecule has 1 atom stereocenters. The van der Waals surface area contributed by atoms with Gasteiger partial charge in [-0.3, -0.25) is 0 Å². The van der Waals surface area contributed by atoms with E-state index < -0.39 is 5.66 Å². The van der Waals surface area contributed by atoms with E-state index in [0.717, 1.165) is 56.3 Å². The smallest absolute Gasteiger partial charge is 0.202 e. The lowest BCUT2D eigenvalue weighted by Crippen LogP contribution is -2.44. The number of hydrogen-bond acceptors (Lipinski definition) is 8. The summed E-state index contributed by atoms with van der Waals surface area (Å²) in [5.74, 6) is 2.62. The molecule has 8 nitrogen and oxygen atoms in total. The van der Waals surface area contributed by atoms with E-state index in [4.69, 9.17) is 19.9 Å². The van der Waals surface area contributed by atoms with Gasteiger partial charge < -0.3 is 30.4 Å². The largest absolute Gasteiger partial charge is 0.463 e. The highest BCUT2D eigenvalue weighted by molar-refractivity contribution is 6.05.